The van der Waals surface area contributed by atoms with Crippen molar-refractivity contribution >= 4 is 53.9 Å². The fraction of sp³-hybridized carbons (Fsp3) is 0. The number of hydrogen-bond donors (Lipinski definition) is 0. The highest BCUT2D eigenvalue weighted by molar-refractivity contribution is 6.31. The van der Waals surface area contributed by atoms with E-state index in [2.05, 4.69) is 164 Å². The third kappa shape index (κ3) is 3.95. The molecule has 1 aliphatic rings. The quantitative estimate of drug-likeness (QED) is 0.182. The lowest BCUT2D eigenvalue weighted by molar-refractivity contribution is 1.08. The highest BCUT2D eigenvalue weighted by Crippen LogP contribution is 2.54. The molecule has 0 bridgehead atoms. The summed E-state index contributed by atoms with van der Waals surface area (Å²) in [5.41, 5.74) is 8.06. The SMILES string of the molecule is c1ccc2cc(-c3nc(-c4ccc5ccccc5c4)nc(-c4ccc5c6c(cccc46)-c4c-5c5ccccc5c5ccccc45)n3)ccc2c1. The molecule has 1 aliphatic carbocycles. The lowest BCUT2D eigenvalue weighted by Gasteiger charge is -2.13. The van der Waals surface area contributed by atoms with Crippen molar-refractivity contribution in [2.45, 2.75) is 0 Å². The molecule has 0 fully saturated rings. The molecule has 0 unspecified atom stereocenters. The molecule has 3 heteroatoms. The molecule has 230 valence electrons. The molecule has 1 aromatic heterocycles. The van der Waals surface area contributed by atoms with Crippen LogP contribution in [0, 0.1) is 0 Å². The summed E-state index contributed by atoms with van der Waals surface area (Å²) in [4.78, 5) is 15.6. The molecule has 0 spiro atoms. The molecule has 50 heavy (non-hydrogen) atoms. The molecule has 0 radical (unpaired) electrons. The third-order valence-electron chi connectivity index (χ3n) is 10.4. The van der Waals surface area contributed by atoms with Gasteiger partial charge in [0.1, 0.15) is 0 Å². The summed E-state index contributed by atoms with van der Waals surface area (Å²) in [6.45, 7) is 0. The van der Waals surface area contributed by atoms with Crippen LogP contribution in [-0.4, -0.2) is 15.0 Å². The van der Waals surface area contributed by atoms with E-state index in [0.29, 0.717) is 17.5 Å². The third-order valence-corrected chi connectivity index (χ3v) is 10.4. The van der Waals surface area contributed by atoms with Crippen molar-refractivity contribution in [3.63, 3.8) is 0 Å². The summed E-state index contributed by atoms with van der Waals surface area (Å²) in [6, 6.07) is 58.5. The first-order valence-electron chi connectivity index (χ1n) is 17.0. The van der Waals surface area contributed by atoms with Gasteiger partial charge in [0, 0.05) is 16.7 Å². The van der Waals surface area contributed by atoms with Gasteiger partial charge < -0.3 is 0 Å². The van der Waals surface area contributed by atoms with E-state index in [1.807, 2.05) is 0 Å². The minimum absolute atomic E-state index is 0.660. The van der Waals surface area contributed by atoms with E-state index in [0.717, 1.165) is 32.8 Å². The Morgan fingerprint density at radius 3 is 1.30 bits per heavy atom. The van der Waals surface area contributed by atoms with Gasteiger partial charge in [-0.05, 0) is 94.3 Å². The van der Waals surface area contributed by atoms with Gasteiger partial charge in [0.25, 0.3) is 0 Å². The molecule has 0 N–H and O–H groups in total. The number of aromatic nitrogens is 3. The molecule has 0 atom stereocenters. The summed E-state index contributed by atoms with van der Waals surface area (Å²) >= 11 is 0. The van der Waals surface area contributed by atoms with Gasteiger partial charge in [-0.1, -0.05) is 146 Å². The van der Waals surface area contributed by atoms with Crippen LogP contribution in [0.1, 0.15) is 0 Å². The molecule has 9 aromatic carbocycles. The van der Waals surface area contributed by atoms with E-state index < -0.39 is 0 Å². The van der Waals surface area contributed by atoms with Crippen molar-refractivity contribution in [3.05, 3.63) is 164 Å². The van der Waals surface area contributed by atoms with Gasteiger partial charge >= 0.3 is 0 Å². The van der Waals surface area contributed by atoms with Crippen LogP contribution in [0.15, 0.2) is 164 Å². The first-order valence-corrected chi connectivity index (χ1v) is 17.0. The molecule has 1 heterocycles. The van der Waals surface area contributed by atoms with Gasteiger partial charge in [-0.25, -0.2) is 15.0 Å². The lowest BCUT2D eigenvalue weighted by atomic mass is 9.90. The number of nitrogens with zero attached hydrogens (tertiary/aromatic N) is 3. The number of rotatable bonds is 3. The Hall–Kier alpha value is -6.71. The zero-order valence-corrected chi connectivity index (χ0v) is 26.9. The fourth-order valence-electron chi connectivity index (χ4n) is 8.13. The zero-order chi connectivity index (χ0) is 32.8. The molecular formula is C47H27N3. The van der Waals surface area contributed by atoms with Crippen molar-refractivity contribution in [1.82, 2.24) is 15.0 Å². The molecule has 0 aliphatic heterocycles. The lowest BCUT2D eigenvalue weighted by Crippen LogP contribution is -2.01. The Labute approximate surface area is 288 Å². The van der Waals surface area contributed by atoms with Crippen molar-refractivity contribution in [2.75, 3.05) is 0 Å². The Kier molecular flexibility index (Phi) is 5.67. The largest absolute Gasteiger partial charge is 0.208 e. The van der Waals surface area contributed by atoms with E-state index in [-0.39, 0.29) is 0 Å². The molecule has 10 aromatic rings. The fourth-order valence-corrected chi connectivity index (χ4v) is 8.13. The van der Waals surface area contributed by atoms with Crippen LogP contribution in [-0.2, 0) is 0 Å². The maximum Gasteiger partial charge on any atom is 0.164 e. The summed E-state index contributed by atoms with van der Waals surface area (Å²) in [7, 11) is 0. The van der Waals surface area contributed by atoms with Crippen LogP contribution in [0.25, 0.3) is 110 Å². The topological polar surface area (TPSA) is 38.7 Å². The second kappa shape index (κ2) is 10.4. The van der Waals surface area contributed by atoms with Crippen LogP contribution in [0.4, 0.5) is 0 Å². The zero-order valence-electron chi connectivity index (χ0n) is 26.9. The van der Waals surface area contributed by atoms with Crippen LogP contribution >= 0.6 is 0 Å². The van der Waals surface area contributed by atoms with Crippen molar-refractivity contribution in [1.29, 1.82) is 0 Å². The monoisotopic (exact) mass is 633 g/mol. The average molecular weight is 634 g/mol. The highest BCUT2D eigenvalue weighted by Gasteiger charge is 2.28. The first-order chi connectivity index (χ1) is 24.8. The normalized spacial score (nSPS) is 12.0. The number of hydrogen-bond acceptors (Lipinski definition) is 3. The van der Waals surface area contributed by atoms with Crippen LogP contribution in [0.5, 0.6) is 0 Å². The van der Waals surface area contributed by atoms with Gasteiger partial charge in [0.15, 0.2) is 17.5 Å². The Morgan fingerprint density at radius 2 is 0.720 bits per heavy atom. The van der Waals surface area contributed by atoms with E-state index >= 15 is 0 Å². The van der Waals surface area contributed by atoms with Crippen molar-refractivity contribution in [3.8, 4) is 56.4 Å². The summed E-state index contributed by atoms with van der Waals surface area (Å²) < 4.78 is 0. The second-order valence-electron chi connectivity index (χ2n) is 13.2. The molecule has 0 amide bonds. The second-order valence-corrected chi connectivity index (χ2v) is 13.2. The smallest absolute Gasteiger partial charge is 0.164 e. The van der Waals surface area contributed by atoms with Gasteiger partial charge in [0.05, 0.1) is 0 Å². The minimum Gasteiger partial charge on any atom is -0.208 e. The van der Waals surface area contributed by atoms with Gasteiger partial charge in [-0.2, -0.15) is 0 Å². The highest BCUT2D eigenvalue weighted by atomic mass is 15.0. The maximum absolute atomic E-state index is 5.23. The van der Waals surface area contributed by atoms with E-state index in [9.17, 15) is 0 Å². The molecular weight excluding hydrogens is 607 g/mol. The predicted octanol–water partition coefficient (Wildman–Crippen LogP) is 12.3. The standard InChI is InChI=1S/C47H27N3/c1-3-12-30-26-32(22-20-28(30)10-1)45-48-46(33-23-21-29-11-2-4-13-31(29)27-33)50-47(49-45)39-24-25-41-42-38(39)18-9-19-40(42)43-36-16-7-5-14-34(36)35-15-6-8-17-37(35)44(41)43/h1-27H. The first kappa shape index (κ1) is 27.3. The molecule has 0 saturated heterocycles. The summed E-state index contributed by atoms with van der Waals surface area (Å²) in [5, 5.41) is 12.2. The van der Waals surface area contributed by atoms with Crippen LogP contribution < -0.4 is 0 Å². The van der Waals surface area contributed by atoms with Gasteiger partial charge in [0.2, 0.25) is 0 Å². The van der Waals surface area contributed by atoms with E-state index in [1.165, 1.54) is 60.0 Å². The van der Waals surface area contributed by atoms with Gasteiger partial charge in [-0.3, -0.25) is 0 Å². The summed E-state index contributed by atoms with van der Waals surface area (Å²) in [5.74, 6) is 1.99. The maximum atomic E-state index is 5.23. The Bertz CT molecular complexity index is 2880. The van der Waals surface area contributed by atoms with Crippen LogP contribution in [0.2, 0.25) is 0 Å². The molecule has 0 saturated carbocycles. The van der Waals surface area contributed by atoms with Crippen LogP contribution in [0.3, 0.4) is 0 Å². The van der Waals surface area contributed by atoms with E-state index in [4.69, 9.17) is 15.0 Å². The van der Waals surface area contributed by atoms with Gasteiger partial charge in [-0.15, -0.1) is 0 Å². The average Bonchev–Trinajstić information content (AvgIpc) is 3.53. The predicted molar refractivity (Wildman–Crippen MR) is 208 cm³/mol. The minimum atomic E-state index is 0.660. The van der Waals surface area contributed by atoms with Crippen molar-refractivity contribution < 1.29 is 0 Å². The Balaban J connectivity index is 1.18. The number of benzene rings is 9. The number of fused-ring (bicyclic) bond motifs is 10. The molecule has 3 nitrogen and oxygen atoms in total. The molecule has 11 rings (SSSR count). The van der Waals surface area contributed by atoms with E-state index in [1.54, 1.807) is 0 Å². The van der Waals surface area contributed by atoms with Crippen molar-refractivity contribution in [2.24, 2.45) is 0 Å². The summed E-state index contributed by atoms with van der Waals surface area (Å²) in [6.07, 6.45) is 0. The Morgan fingerprint density at radius 1 is 0.280 bits per heavy atom.